The highest BCUT2D eigenvalue weighted by Gasteiger charge is 1.98. The van der Waals surface area contributed by atoms with Crippen molar-refractivity contribution in [3.8, 4) is 0 Å². The van der Waals surface area contributed by atoms with Crippen molar-refractivity contribution in [1.82, 2.24) is 0 Å². The Balaban J connectivity index is 2.27. The molecule has 1 aromatic rings. The summed E-state index contributed by atoms with van der Waals surface area (Å²) in [5.74, 6) is 1.99. The zero-order valence-corrected chi connectivity index (χ0v) is 11.9. The molecule has 0 aromatic heterocycles. The number of nitrogens with zero attached hydrogens (tertiary/aromatic N) is 3. The standard InChI is InChI=1S/C12H16N4S2/c1-2-17-12(13)4-3-9-18-11-7-5-10(6-8-11)15-16-14/h5-8,13H,2-4,9H2,1H3. The summed E-state index contributed by atoms with van der Waals surface area (Å²) in [5.41, 5.74) is 8.93. The van der Waals surface area contributed by atoms with Gasteiger partial charge in [0.2, 0.25) is 0 Å². The quantitative estimate of drug-likeness (QED) is 0.141. The van der Waals surface area contributed by atoms with Gasteiger partial charge in [0, 0.05) is 15.5 Å². The summed E-state index contributed by atoms with van der Waals surface area (Å²) in [5, 5.41) is 12.0. The van der Waals surface area contributed by atoms with E-state index in [0.29, 0.717) is 5.69 Å². The Labute approximate surface area is 116 Å². The van der Waals surface area contributed by atoms with Crippen LogP contribution >= 0.6 is 23.5 Å². The maximum Gasteiger partial charge on any atom is 0.0641 e. The zero-order valence-electron chi connectivity index (χ0n) is 10.3. The van der Waals surface area contributed by atoms with Gasteiger partial charge in [-0.1, -0.05) is 24.2 Å². The van der Waals surface area contributed by atoms with Crippen LogP contribution in [-0.2, 0) is 0 Å². The Hall–Kier alpha value is -1.10. The molecular formula is C12H16N4S2. The van der Waals surface area contributed by atoms with E-state index in [9.17, 15) is 0 Å². The van der Waals surface area contributed by atoms with E-state index in [2.05, 4.69) is 16.9 Å². The van der Waals surface area contributed by atoms with Crippen molar-refractivity contribution < 1.29 is 0 Å². The molecule has 0 aliphatic heterocycles. The first-order valence-electron chi connectivity index (χ1n) is 5.74. The summed E-state index contributed by atoms with van der Waals surface area (Å²) >= 11 is 3.38. The van der Waals surface area contributed by atoms with E-state index in [0.717, 1.165) is 29.4 Å². The van der Waals surface area contributed by atoms with Gasteiger partial charge in [-0.15, -0.1) is 23.5 Å². The fourth-order valence-corrected chi connectivity index (χ4v) is 2.82. The summed E-state index contributed by atoms with van der Waals surface area (Å²) in [7, 11) is 0. The van der Waals surface area contributed by atoms with Crippen molar-refractivity contribution in [2.24, 2.45) is 5.11 Å². The number of azide groups is 1. The number of nitrogens with one attached hydrogen (secondary N) is 1. The summed E-state index contributed by atoms with van der Waals surface area (Å²) in [6.45, 7) is 2.07. The topological polar surface area (TPSA) is 72.6 Å². The van der Waals surface area contributed by atoms with Crippen LogP contribution in [0.5, 0.6) is 0 Å². The van der Waals surface area contributed by atoms with Crippen LogP contribution in [0.4, 0.5) is 5.69 Å². The molecule has 0 saturated carbocycles. The average molecular weight is 280 g/mol. The molecular weight excluding hydrogens is 264 g/mol. The average Bonchev–Trinajstić information content (AvgIpc) is 2.37. The van der Waals surface area contributed by atoms with Gasteiger partial charge in [-0.05, 0) is 42.0 Å². The molecule has 0 fully saturated rings. The zero-order chi connectivity index (χ0) is 13.2. The van der Waals surface area contributed by atoms with Crippen molar-refractivity contribution in [1.29, 1.82) is 5.41 Å². The third-order valence-corrected chi connectivity index (χ3v) is 4.07. The van der Waals surface area contributed by atoms with Crippen molar-refractivity contribution in [3.63, 3.8) is 0 Å². The van der Waals surface area contributed by atoms with Gasteiger partial charge >= 0.3 is 0 Å². The highest BCUT2D eigenvalue weighted by Crippen LogP contribution is 2.23. The van der Waals surface area contributed by atoms with Crippen LogP contribution in [0, 0.1) is 5.41 Å². The molecule has 0 saturated heterocycles. The van der Waals surface area contributed by atoms with Gasteiger partial charge in [-0.2, -0.15) is 0 Å². The van der Waals surface area contributed by atoms with Crippen molar-refractivity contribution >= 4 is 34.3 Å². The SMILES string of the molecule is CCSC(=N)CCCSc1ccc(N=[N+]=[N-])cc1. The van der Waals surface area contributed by atoms with Crippen LogP contribution in [0.1, 0.15) is 19.8 Å². The Kier molecular flexibility index (Phi) is 7.41. The lowest BCUT2D eigenvalue weighted by atomic mass is 10.3. The molecule has 0 aliphatic rings. The second kappa shape index (κ2) is 8.91. The van der Waals surface area contributed by atoms with Crippen LogP contribution in [-0.4, -0.2) is 16.5 Å². The lowest BCUT2D eigenvalue weighted by Crippen LogP contribution is -1.92. The summed E-state index contributed by atoms with van der Waals surface area (Å²) in [6.07, 6.45) is 1.89. The minimum atomic E-state index is 0.642. The van der Waals surface area contributed by atoms with E-state index in [1.54, 1.807) is 23.5 Å². The van der Waals surface area contributed by atoms with Crippen molar-refractivity contribution in [2.45, 2.75) is 24.7 Å². The van der Waals surface area contributed by atoms with Crippen molar-refractivity contribution in [3.05, 3.63) is 34.7 Å². The van der Waals surface area contributed by atoms with Gasteiger partial charge in [0.05, 0.1) is 5.04 Å². The molecule has 18 heavy (non-hydrogen) atoms. The minimum Gasteiger partial charge on any atom is -0.298 e. The van der Waals surface area contributed by atoms with Crippen LogP contribution in [0.2, 0.25) is 0 Å². The highest BCUT2D eigenvalue weighted by atomic mass is 32.2. The smallest absolute Gasteiger partial charge is 0.0641 e. The molecule has 4 nitrogen and oxygen atoms in total. The Morgan fingerprint density at radius 3 is 2.72 bits per heavy atom. The van der Waals surface area contributed by atoms with Crippen molar-refractivity contribution in [2.75, 3.05) is 11.5 Å². The van der Waals surface area contributed by atoms with E-state index in [-0.39, 0.29) is 0 Å². The number of rotatable bonds is 7. The lowest BCUT2D eigenvalue weighted by molar-refractivity contribution is 1.01. The van der Waals surface area contributed by atoms with E-state index in [4.69, 9.17) is 10.9 Å². The second-order valence-electron chi connectivity index (χ2n) is 3.49. The van der Waals surface area contributed by atoms with Gasteiger partial charge < -0.3 is 0 Å². The first-order valence-corrected chi connectivity index (χ1v) is 7.71. The van der Waals surface area contributed by atoms with Crippen LogP contribution in [0.15, 0.2) is 34.3 Å². The van der Waals surface area contributed by atoms with E-state index >= 15 is 0 Å². The second-order valence-corrected chi connectivity index (χ2v) is 6.02. The number of hydrogen-bond acceptors (Lipinski definition) is 4. The Morgan fingerprint density at radius 2 is 2.11 bits per heavy atom. The molecule has 0 unspecified atom stereocenters. The summed E-state index contributed by atoms with van der Waals surface area (Å²) in [4.78, 5) is 3.91. The monoisotopic (exact) mass is 280 g/mol. The molecule has 0 radical (unpaired) electrons. The number of thioether (sulfide) groups is 2. The number of hydrogen-bond donors (Lipinski definition) is 1. The third kappa shape index (κ3) is 6.00. The molecule has 6 heteroatoms. The first-order chi connectivity index (χ1) is 8.76. The summed E-state index contributed by atoms with van der Waals surface area (Å²) in [6, 6.07) is 7.55. The Morgan fingerprint density at radius 1 is 1.39 bits per heavy atom. The normalized spacial score (nSPS) is 9.83. The fourth-order valence-electron chi connectivity index (χ4n) is 1.33. The van der Waals surface area contributed by atoms with Gasteiger partial charge in [-0.3, -0.25) is 5.41 Å². The third-order valence-electron chi connectivity index (χ3n) is 2.13. The summed E-state index contributed by atoms with van der Waals surface area (Å²) < 4.78 is 0. The highest BCUT2D eigenvalue weighted by molar-refractivity contribution is 8.13. The van der Waals surface area contributed by atoms with E-state index < -0.39 is 0 Å². The van der Waals surface area contributed by atoms with Gasteiger partial charge in [0.15, 0.2) is 0 Å². The fraction of sp³-hybridized carbons (Fsp3) is 0.417. The van der Waals surface area contributed by atoms with E-state index in [1.165, 1.54) is 4.90 Å². The first kappa shape index (κ1) is 15.0. The Bertz CT molecular complexity index is 424. The molecule has 0 heterocycles. The minimum absolute atomic E-state index is 0.642. The maximum absolute atomic E-state index is 8.29. The van der Waals surface area contributed by atoms with Gasteiger partial charge in [0.1, 0.15) is 0 Å². The molecule has 1 N–H and O–H groups in total. The van der Waals surface area contributed by atoms with E-state index in [1.807, 2.05) is 24.3 Å². The predicted octanol–water partition coefficient (Wildman–Crippen LogP) is 5.23. The lowest BCUT2D eigenvalue weighted by Gasteiger charge is -2.03. The molecule has 0 aliphatic carbocycles. The molecule has 0 bridgehead atoms. The molecule has 0 spiro atoms. The molecule has 0 atom stereocenters. The largest absolute Gasteiger partial charge is 0.298 e. The maximum atomic E-state index is 8.29. The van der Waals surface area contributed by atoms with Gasteiger partial charge in [0.25, 0.3) is 0 Å². The van der Waals surface area contributed by atoms with Gasteiger partial charge in [-0.25, -0.2) is 0 Å². The van der Waals surface area contributed by atoms with Crippen LogP contribution < -0.4 is 0 Å². The number of benzene rings is 1. The van der Waals surface area contributed by atoms with Crippen LogP contribution in [0.25, 0.3) is 10.4 Å². The molecule has 1 rings (SSSR count). The molecule has 96 valence electrons. The predicted molar refractivity (Wildman–Crippen MR) is 81.1 cm³/mol. The molecule has 1 aromatic carbocycles. The van der Waals surface area contributed by atoms with Crippen LogP contribution in [0.3, 0.4) is 0 Å². The molecule has 0 amide bonds.